The summed E-state index contributed by atoms with van der Waals surface area (Å²) in [6.07, 6.45) is 4.89. The van der Waals surface area contributed by atoms with Crippen molar-refractivity contribution in [3.05, 3.63) is 76.2 Å². The number of aliphatic hydroxyl groups is 1. The fourth-order valence-electron chi connectivity index (χ4n) is 3.41. The van der Waals surface area contributed by atoms with Gasteiger partial charge in [0, 0.05) is 22.8 Å². The van der Waals surface area contributed by atoms with Crippen LogP contribution in [0.15, 0.2) is 60.2 Å². The van der Waals surface area contributed by atoms with Crippen LogP contribution in [0.1, 0.15) is 39.7 Å². The Bertz CT molecular complexity index is 855. The van der Waals surface area contributed by atoms with E-state index in [0.717, 1.165) is 23.3 Å². The van der Waals surface area contributed by atoms with E-state index in [-0.39, 0.29) is 18.1 Å². The second kappa shape index (κ2) is 7.43. The number of nitrogens with one attached hydrogen (secondary N) is 1. The molecule has 1 amide bonds. The minimum atomic E-state index is -0.239. The fraction of sp³-hybridized carbons (Fsp3) is 0.300. The maximum atomic E-state index is 12.8. The second-order valence-corrected chi connectivity index (χ2v) is 7.74. The highest BCUT2D eigenvalue weighted by Crippen LogP contribution is 2.39. The molecule has 0 bridgehead atoms. The topological polar surface area (TPSA) is 67.2 Å². The number of amides is 1. The average Bonchev–Trinajstić information content (AvgIpc) is 3.31. The molecule has 26 heavy (non-hydrogen) atoms. The number of aromatic nitrogens is 2. The Kier molecular flexibility index (Phi) is 4.86. The van der Waals surface area contributed by atoms with Gasteiger partial charge in [-0.15, -0.1) is 11.3 Å². The molecule has 1 saturated carbocycles. The minimum Gasteiger partial charge on any atom is -0.393 e. The number of benzene rings is 1. The number of hydrogen-bond acceptors (Lipinski definition) is 4. The molecule has 2 heterocycles. The molecule has 1 atom stereocenters. The van der Waals surface area contributed by atoms with E-state index >= 15 is 0 Å². The predicted octanol–water partition coefficient (Wildman–Crippen LogP) is 3.23. The maximum absolute atomic E-state index is 12.8. The molecule has 1 aliphatic carbocycles. The van der Waals surface area contributed by atoms with Crippen LogP contribution in [0.5, 0.6) is 0 Å². The third-order valence-corrected chi connectivity index (χ3v) is 5.81. The summed E-state index contributed by atoms with van der Waals surface area (Å²) in [6.45, 7) is 0.636. The van der Waals surface area contributed by atoms with Gasteiger partial charge in [-0.2, -0.15) is 5.10 Å². The third kappa shape index (κ3) is 3.71. The first-order chi connectivity index (χ1) is 12.7. The van der Waals surface area contributed by atoms with Crippen LogP contribution in [-0.4, -0.2) is 26.9 Å². The lowest BCUT2D eigenvalue weighted by Crippen LogP contribution is -2.41. The highest BCUT2D eigenvalue weighted by molar-refractivity contribution is 7.10. The SMILES string of the molecule is O=C(N[C@@H](c1cccs1)C1CC(O)C1)c1cccc(Cn2cccn2)c1. The molecular weight excluding hydrogens is 346 g/mol. The Morgan fingerprint density at radius 3 is 2.88 bits per heavy atom. The van der Waals surface area contributed by atoms with Crippen LogP contribution in [0.25, 0.3) is 0 Å². The molecule has 4 rings (SSSR count). The summed E-state index contributed by atoms with van der Waals surface area (Å²) in [6, 6.07) is 13.5. The summed E-state index contributed by atoms with van der Waals surface area (Å²) in [4.78, 5) is 14.0. The molecule has 0 radical (unpaired) electrons. The summed E-state index contributed by atoms with van der Waals surface area (Å²) < 4.78 is 1.83. The van der Waals surface area contributed by atoms with E-state index in [0.29, 0.717) is 18.0 Å². The fourth-order valence-corrected chi connectivity index (χ4v) is 4.28. The van der Waals surface area contributed by atoms with Crippen molar-refractivity contribution in [2.24, 2.45) is 5.92 Å². The number of thiophene rings is 1. The van der Waals surface area contributed by atoms with Crippen molar-refractivity contribution in [1.29, 1.82) is 0 Å². The van der Waals surface area contributed by atoms with Crippen molar-refractivity contribution < 1.29 is 9.90 Å². The Morgan fingerprint density at radius 2 is 2.19 bits per heavy atom. The Labute approximate surface area is 156 Å². The number of nitrogens with zero attached hydrogens (tertiary/aromatic N) is 2. The molecule has 1 fully saturated rings. The van der Waals surface area contributed by atoms with Crippen LogP contribution in [0, 0.1) is 5.92 Å². The van der Waals surface area contributed by atoms with Crippen LogP contribution < -0.4 is 5.32 Å². The van der Waals surface area contributed by atoms with Crippen molar-refractivity contribution >= 4 is 17.2 Å². The summed E-state index contributed by atoms with van der Waals surface area (Å²) in [5.74, 6) is 0.215. The number of hydrogen-bond donors (Lipinski definition) is 2. The molecule has 2 N–H and O–H groups in total. The summed E-state index contributed by atoms with van der Waals surface area (Å²) in [5.41, 5.74) is 1.68. The zero-order chi connectivity index (χ0) is 17.9. The molecule has 1 aromatic carbocycles. The lowest BCUT2D eigenvalue weighted by atomic mass is 9.76. The Morgan fingerprint density at radius 1 is 1.31 bits per heavy atom. The largest absolute Gasteiger partial charge is 0.393 e. The molecule has 0 spiro atoms. The lowest BCUT2D eigenvalue weighted by molar-refractivity contribution is 0.0241. The van der Waals surface area contributed by atoms with Gasteiger partial charge in [-0.3, -0.25) is 9.48 Å². The van der Waals surface area contributed by atoms with E-state index in [2.05, 4.69) is 16.5 Å². The smallest absolute Gasteiger partial charge is 0.251 e. The molecule has 3 aromatic rings. The minimum absolute atomic E-state index is 0.0410. The van der Waals surface area contributed by atoms with Crippen LogP contribution in [0.3, 0.4) is 0 Å². The standard InChI is InChI=1S/C20H21N3O2S/c24-17-11-16(12-17)19(18-6-2-9-26-18)22-20(25)15-5-1-4-14(10-15)13-23-8-3-7-21-23/h1-10,16-17,19,24H,11-13H2,(H,22,25)/t16?,17?,19-/m1/s1. The van der Waals surface area contributed by atoms with Gasteiger partial charge in [0.15, 0.2) is 0 Å². The van der Waals surface area contributed by atoms with E-state index in [1.54, 1.807) is 17.5 Å². The monoisotopic (exact) mass is 367 g/mol. The van der Waals surface area contributed by atoms with Crippen molar-refractivity contribution in [2.45, 2.75) is 31.5 Å². The quantitative estimate of drug-likeness (QED) is 0.703. The molecule has 2 aromatic heterocycles. The van der Waals surface area contributed by atoms with Crippen molar-refractivity contribution in [3.8, 4) is 0 Å². The van der Waals surface area contributed by atoms with E-state index in [1.807, 2.05) is 52.7 Å². The van der Waals surface area contributed by atoms with Crippen molar-refractivity contribution in [2.75, 3.05) is 0 Å². The first-order valence-electron chi connectivity index (χ1n) is 8.78. The van der Waals surface area contributed by atoms with E-state index in [4.69, 9.17) is 0 Å². The second-order valence-electron chi connectivity index (χ2n) is 6.76. The summed E-state index contributed by atoms with van der Waals surface area (Å²) >= 11 is 1.64. The Hall–Kier alpha value is -2.44. The van der Waals surface area contributed by atoms with Gasteiger partial charge in [0.25, 0.3) is 5.91 Å². The van der Waals surface area contributed by atoms with Gasteiger partial charge in [0.05, 0.1) is 18.7 Å². The molecule has 0 saturated heterocycles. The molecule has 134 valence electrons. The first-order valence-corrected chi connectivity index (χ1v) is 9.66. The zero-order valence-corrected chi connectivity index (χ0v) is 15.1. The first kappa shape index (κ1) is 17.0. The third-order valence-electron chi connectivity index (χ3n) is 4.85. The predicted molar refractivity (Wildman–Crippen MR) is 101 cm³/mol. The highest BCUT2D eigenvalue weighted by atomic mass is 32.1. The van der Waals surface area contributed by atoms with Gasteiger partial charge in [0.1, 0.15) is 0 Å². The molecule has 0 aliphatic heterocycles. The number of rotatable bonds is 6. The van der Waals surface area contributed by atoms with Gasteiger partial charge in [0.2, 0.25) is 0 Å². The molecule has 6 heteroatoms. The van der Waals surface area contributed by atoms with Gasteiger partial charge >= 0.3 is 0 Å². The van der Waals surface area contributed by atoms with Gasteiger partial charge in [-0.1, -0.05) is 18.2 Å². The van der Waals surface area contributed by atoms with E-state index in [1.165, 1.54) is 0 Å². The maximum Gasteiger partial charge on any atom is 0.251 e. The molecule has 5 nitrogen and oxygen atoms in total. The van der Waals surface area contributed by atoms with Gasteiger partial charge in [-0.05, 0) is 54.0 Å². The molecule has 1 aliphatic rings. The molecule has 0 unspecified atom stereocenters. The van der Waals surface area contributed by atoms with Crippen LogP contribution in [0.2, 0.25) is 0 Å². The highest BCUT2D eigenvalue weighted by Gasteiger charge is 2.36. The van der Waals surface area contributed by atoms with E-state index < -0.39 is 0 Å². The zero-order valence-electron chi connectivity index (χ0n) is 14.3. The molecular formula is C20H21N3O2S. The Balaban J connectivity index is 1.49. The number of carbonyl (C=O) groups excluding carboxylic acids is 1. The van der Waals surface area contributed by atoms with Gasteiger partial charge in [-0.25, -0.2) is 0 Å². The lowest BCUT2D eigenvalue weighted by Gasteiger charge is -2.37. The average molecular weight is 367 g/mol. The number of carbonyl (C=O) groups is 1. The normalized spacial score (nSPS) is 20.3. The van der Waals surface area contributed by atoms with Crippen molar-refractivity contribution in [1.82, 2.24) is 15.1 Å². The van der Waals surface area contributed by atoms with Crippen molar-refractivity contribution in [3.63, 3.8) is 0 Å². The van der Waals surface area contributed by atoms with E-state index in [9.17, 15) is 9.90 Å². The van der Waals surface area contributed by atoms with Gasteiger partial charge < -0.3 is 10.4 Å². The number of aliphatic hydroxyl groups excluding tert-OH is 1. The summed E-state index contributed by atoms with van der Waals surface area (Å²) in [5, 5.41) is 19.1. The van der Waals surface area contributed by atoms with Crippen LogP contribution in [-0.2, 0) is 6.54 Å². The van der Waals surface area contributed by atoms with Crippen LogP contribution in [0.4, 0.5) is 0 Å². The van der Waals surface area contributed by atoms with Crippen LogP contribution >= 0.6 is 11.3 Å². The summed E-state index contributed by atoms with van der Waals surface area (Å²) in [7, 11) is 0.